The molecule has 1 rings (SSSR count). The molecule has 2 nitrogen and oxygen atoms in total. The van der Waals surface area contributed by atoms with Crippen LogP contribution in [0.3, 0.4) is 0 Å². The summed E-state index contributed by atoms with van der Waals surface area (Å²) in [6, 6.07) is 9.81. The maximum absolute atomic E-state index is 8.74. The first kappa shape index (κ1) is 8.76. The second kappa shape index (κ2) is 3.89. The Morgan fingerprint density at radius 1 is 1.50 bits per heavy atom. The third-order valence-electron chi connectivity index (χ3n) is 1.68. The molecule has 0 spiro atoms. The van der Waals surface area contributed by atoms with Crippen LogP contribution in [0.4, 0.5) is 0 Å². The lowest BCUT2D eigenvalue weighted by molar-refractivity contribution is 0.737. The molecule has 1 aromatic rings. The van der Waals surface area contributed by atoms with Crippen molar-refractivity contribution in [1.29, 1.82) is 5.26 Å². The Bertz CT molecular complexity index is 297. The van der Waals surface area contributed by atoms with Gasteiger partial charge in [-0.1, -0.05) is 18.2 Å². The smallest absolute Gasteiger partial charge is 0.0994 e. The fourth-order valence-electron chi connectivity index (χ4n) is 1.15. The third-order valence-corrected chi connectivity index (χ3v) is 1.68. The fraction of sp³-hybridized carbons (Fsp3) is 0.300. The Kier molecular flexibility index (Phi) is 2.84. The van der Waals surface area contributed by atoms with Crippen LogP contribution in [0.5, 0.6) is 0 Å². The van der Waals surface area contributed by atoms with Crippen LogP contribution in [0.15, 0.2) is 24.3 Å². The van der Waals surface area contributed by atoms with Gasteiger partial charge in [0.05, 0.1) is 11.6 Å². The van der Waals surface area contributed by atoms with Gasteiger partial charge in [0, 0.05) is 6.04 Å². The van der Waals surface area contributed by atoms with Crippen LogP contribution in [-0.2, 0) is 6.42 Å². The largest absolute Gasteiger partial charge is 0.328 e. The van der Waals surface area contributed by atoms with Gasteiger partial charge in [0.25, 0.3) is 0 Å². The van der Waals surface area contributed by atoms with Crippen LogP contribution in [0, 0.1) is 11.3 Å². The number of nitriles is 1. The van der Waals surface area contributed by atoms with Crippen LogP contribution >= 0.6 is 0 Å². The zero-order valence-electron chi connectivity index (χ0n) is 7.12. The van der Waals surface area contributed by atoms with E-state index in [1.54, 1.807) is 0 Å². The van der Waals surface area contributed by atoms with E-state index in [4.69, 9.17) is 11.0 Å². The number of hydrogen-bond donors (Lipinski definition) is 1. The van der Waals surface area contributed by atoms with Gasteiger partial charge in [-0.15, -0.1) is 0 Å². The number of nitrogens with two attached hydrogens (primary N) is 1. The molecule has 0 aliphatic heterocycles. The highest BCUT2D eigenvalue weighted by Crippen LogP contribution is 2.08. The van der Waals surface area contributed by atoms with Gasteiger partial charge in [-0.2, -0.15) is 5.26 Å². The number of benzene rings is 1. The Morgan fingerprint density at radius 2 is 2.17 bits per heavy atom. The topological polar surface area (TPSA) is 49.8 Å². The van der Waals surface area contributed by atoms with Crippen molar-refractivity contribution in [2.75, 3.05) is 0 Å². The highest BCUT2D eigenvalue weighted by atomic mass is 14.6. The summed E-state index contributed by atoms with van der Waals surface area (Å²) in [4.78, 5) is 0. The zero-order chi connectivity index (χ0) is 8.97. The Labute approximate surface area is 72.6 Å². The zero-order valence-corrected chi connectivity index (χ0v) is 7.12. The average Bonchev–Trinajstić information content (AvgIpc) is 2.04. The number of rotatable bonds is 2. The molecule has 0 saturated heterocycles. The summed E-state index contributed by atoms with van der Waals surface area (Å²) in [7, 11) is 0. The molecule has 62 valence electrons. The fourth-order valence-corrected chi connectivity index (χ4v) is 1.15. The van der Waals surface area contributed by atoms with Gasteiger partial charge < -0.3 is 5.73 Å². The summed E-state index contributed by atoms with van der Waals surface area (Å²) in [6.07, 6.45) is 0.768. The number of nitrogens with zero attached hydrogens (tertiary/aromatic N) is 1. The maximum Gasteiger partial charge on any atom is 0.0994 e. The summed E-state index contributed by atoms with van der Waals surface area (Å²) >= 11 is 0. The van der Waals surface area contributed by atoms with E-state index in [1.165, 1.54) is 0 Å². The van der Waals surface area contributed by atoms with Crippen molar-refractivity contribution < 1.29 is 0 Å². The van der Waals surface area contributed by atoms with Crippen LogP contribution in [-0.4, -0.2) is 6.04 Å². The molecular weight excluding hydrogens is 148 g/mol. The molecule has 0 fully saturated rings. The minimum Gasteiger partial charge on any atom is -0.328 e. The van der Waals surface area contributed by atoms with E-state index in [0.717, 1.165) is 17.5 Å². The van der Waals surface area contributed by atoms with E-state index in [9.17, 15) is 0 Å². The van der Waals surface area contributed by atoms with Crippen molar-refractivity contribution in [3.8, 4) is 6.07 Å². The highest BCUT2D eigenvalue weighted by Gasteiger charge is 2.02. The van der Waals surface area contributed by atoms with Gasteiger partial charge in [-0.3, -0.25) is 0 Å². The molecule has 1 atom stereocenters. The molecule has 2 N–H and O–H groups in total. The van der Waals surface area contributed by atoms with Crippen molar-refractivity contribution in [1.82, 2.24) is 0 Å². The molecule has 0 aliphatic rings. The first-order chi connectivity index (χ1) is 5.74. The van der Waals surface area contributed by atoms with Crippen LogP contribution in [0.2, 0.25) is 0 Å². The molecule has 12 heavy (non-hydrogen) atoms. The van der Waals surface area contributed by atoms with E-state index in [-0.39, 0.29) is 6.04 Å². The summed E-state index contributed by atoms with van der Waals surface area (Å²) < 4.78 is 0. The summed E-state index contributed by atoms with van der Waals surface area (Å²) in [5.74, 6) is 0. The van der Waals surface area contributed by atoms with Gasteiger partial charge >= 0.3 is 0 Å². The van der Waals surface area contributed by atoms with Crippen LogP contribution in [0.25, 0.3) is 0 Å². The minimum atomic E-state index is 0.111. The lowest BCUT2D eigenvalue weighted by atomic mass is 10.0. The highest BCUT2D eigenvalue weighted by molar-refractivity contribution is 5.37. The van der Waals surface area contributed by atoms with E-state index < -0.39 is 0 Å². The van der Waals surface area contributed by atoms with Crippen molar-refractivity contribution in [3.05, 3.63) is 35.4 Å². The standard InChI is InChI=1S/C10H12N2/c1-8(12)6-9-4-2-3-5-10(9)7-11/h2-5,8H,6,12H2,1H3/t8-/m0/s1. The van der Waals surface area contributed by atoms with Gasteiger partial charge in [0.15, 0.2) is 0 Å². The molecule has 0 saturated carbocycles. The van der Waals surface area contributed by atoms with Gasteiger partial charge in [-0.25, -0.2) is 0 Å². The Morgan fingerprint density at radius 3 is 2.75 bits per heavy atom. The van der Waals surface area contributed by atoms with E-state index in [0.29, 0.717) is 0 Å². The van der Waals surface area contributed by atoms with Crippen molar-refractivity contribution in [2.24, 2.45) is 5.73 Å². The molecule has 0 amide bonds. The number of hydrogen-bond acceptors (Lipinski definition) is 2. The molecule has 0 radical (unpaired) electrons. The van der Waals surface area contributed by atoms with E-state index in [2.05, 4.69) is 6.07 Å². The molecular formula is C10H12N2. The lowest BCUT2D eigenvalue weighted by Gasteiger charge is -2.05. The van der Waals surface area contributed by atoms with E-state index in [1.807, 2.05) is 31.2 Å². The van der Waals surface area contributed by atoms with Gasteiger partial charge in [-0.05, 0) is 25.0 Å². The minimum absolute atomic E-state index is 0.111. The molecule has 0 heterocycles. The molecule has 0 aromatic heterocycles. The third kappa shape index (κ3) is 2.08. The van der Waals surface area contributed by atoms with Crippen molar-refractivity contribution in [2.45, 2.75) is 19.4 Å². The quantitative estimate of drug-likeness (QED) is 0.711. The SMILES string of the molecule is C[C@H](N)Cc1ccccc1C#N. The summed E-state index contributed by atoms with van der Waals surface area (Å²) in [5, 5.41) is 8.74. The normalized spacial score (nSPS) is 12.1. The Hall–Kier alpha value is -1.33. The lowest BCUT2D eigenvalue weighted by Crippen LogP contribution is -2.18. The van der Waals surface area contributed by atoms with Crippen LogP contribution in [0.1, 0.15) is 18.1 Å². The second-order valence-electron chi connectivity index (χ2n) is 2.95. The first-order valence-electron chi connectivity index (χ1n) is 3.97. The van der Waals surface area contributed by atoms with Gasteiger partial charge in [0.1, 0.15) is 0 Å². The molecule has 0 bridgehead atoms. The van der Waals surface area contributed by atoms with Crippen molar-refractivity contribution >= 4 is 0 Å². The Balaban J connectivity index is 2.91. The molecule has 1 aromatic carbocycles. The second-order valence-corrected chi connectivity index (χ2v) is 2.95. The molecule has 2 heteroatoms. The maximum atomic E-state index is 8.74. The molecule has 0 aliphatic carbocycles. The first-order valence-corrected chi connectivity index (χ1v) is 3.97. The monoisotopic (exact) mass is 160 g/mol. The van der Waals surface area contributed by atoms with Crippen LogP contribution < -0.4 is 5.73 Å². The summed E-state index contributed by atoms with van der Waals surface area (Å²) in [5.41, 5.74) is 7.41. The molecule has 0 unspecified atom stereocenters. The predicted octanol–water partition coefficient (Wildman–Crippen LogP) is 1.45. The van der Waals surface area contributed by atoms with Gasteiger partial charge in [0.2, 0.25) is 0 Å². The average molecular weight is 160 g/mol. The van der Waals surface area contributed by atoms with E-state index >= 15 is 0 Å². The predicted molar refractivity (Wildman–Crippen MR) is 48.5 cm³/mol. The van der Waals surface area contributed by atoms with Crippen molar-refractivity contribution in [3.63, 3.8) is 0 Å². The summed E-state index contributed by atoms with van der Waals surface area (Å²) in [6.45, 7) is 1.94.